The number of methoxy groups -OCH3 is 1. The molecule has 5 aliphatic rings. The van der Waals surface area contributed by atoms with Crippen LogP contribution in [0.3, 0.4) is 0 Å². The number of para-hydroxylation sites is 1. The third kappa shape index (κ3) is 9.57. The zero-order valence-corrected chi connectivity index (χ0v) is 42.4. The number of esters is 1. The molecule has 4 heterocycles. The first-order chi connectivity index (χ1) is 32.0. The Labute approximate surface area is 404 Å². The van der Waals surface area contributed by atoms with Crippen LogP contribution in [0.15, 0.2) is 54.7 Å². The molecule has 2 unspecified atom stereocenters. The van der Waals surface area contributed by atoms with Gasteiger partial charge in [-0.1, -0.05) is 37.3 Å². The summed E-state index contributed by atoms with van der Waals surface area (Å²) in [4.78, 5) is 54.4. The number of likely N-dealkylation sites (N-methyl/N-ethyl adjacent to an activating group) is 1. The Balaban J connectivity index is 0.980. The van der Waals surface area contributed by atoms with Crippen LogP contribution in [0.5, 0.6) is 5.75 Å². The maximum atomic E-state index is 14.3. The minimum absolute atomic E-state index is 0.0448. The van der Waals surface area contributed by atoms with E-state index in [-0.39, 0.29) is 39.5 Å². The maximum Gasteiger partial charge on any atom is 0.410 e. The van der Waals surface area contributed by atoms with E-state index >= 15 is 0 Å². The predicted octanol–water partition coefficient (Wildman–Crippen LogP) is 10.6. The van der Waals surface area contributed by atoms with Crippen LogP contribution in [0.1, 0.15) is 132 Å². The number of hydrogen-bond acceptors (Lipinski definition) is 12. The van der Waals surface area contributed by atoms with Crippen LogP contribution in [0.25, 0.3) is 21.3 Å². The molecule has 2 atom stereocenters. The van der Waals surface area contributed by atoms with E-state index in [2.05, 4.69) is 40.7 Å². The molecule has 3 aromatic heterocycles. The van der Waals surface area contributed by atoms with Crippen LogP contribution in [0, 0.1) is 23.2 Å². The monoisotopic (exact) mass is 945 g/mol. The summed E-state index contributed by atoms with van der Waals surface area (Å²) in [6.07, 6.45) is 8.39. The first kappa shape index (κ1) is 47.5. The lowest BCUT2D eigenvalue weighted by Crippen LogP contribution is -2.64. The lowest BCUT2D eigenvalue weighted by Gasteiger charge is -2.69. The molecule has 14 nitrogen and oxygen atoms in total. The number of nitrogens with zero attached hydrogens (tertiary/aromatic N) is 6. The van der Waals surface area contributed by atoms with Crippen molar-refractivity contribution in [2.75, 3.05) is 44.1 Å². The molecule has 4 aliphatic carbocycles. The molecule has 0 spiro atoms. The van der Waals surface area contributed by atoms with E-state index in [0.29, 0.717) is 54.7 Å². The maximum absolute atomic E-state index is 14.3. The summed E-state index contributed by atoms with van der Waals surface area (Å²) in [5.74, 6) is 0.555. The molecular weight excluding hydrogens is 879 g/mol. The van der Waals surface area contributed by atoms with Crippen molar-refractivity contribution < 1.29 is 33.3 Å². The summed E-state index contributed by atoms with van der Waals surface area (Å²) in [5.41, 5.74) is 4.39. The van der Waals surface area contributed by atoms with E-state index in [1.54, 1.807) is 25.1 Å². The summed E-state index contributed by atoms with van der Waals surface area (Å²) in [7, 11) is 3.42. The fraction of sp³-hybridized carbons (Fsp3) is 0.547. The fourth-order valence-electron chi connectivity index (χ4n) is 12.8. The standard InChI is InChI=1S/C53H67N7O7S/c1-33-37(24-54-60(33)32-52-27-50(8)26-51(9,28-52)30-53(29-50,31-52)65-23-22-58(10)47(63)67-49(5,6)7)35-17-19-42(56-43(35)45(62)66-48(2,3)4)59-21-20-34-38(25-59)36(16-18-40(34)64-11)44(61)57-46-55-39-14-12-13-15-41(39)68-46/h12-19,24H,20-23,25-32H2,1-11H3,(H,55,57,61). The Kier molecular flexibility index (Phi) is 12.0. The Morgan fingerprint density at radius 3 is 2.26 bits per heavy atom. The molecule has 68 heavy (non-hydrogen) atoms. The number of nitrogens with one attached hydrogen (secondary N) is 1. The van der Waals surface area contributed by atoms with Gasteiger partial charge in [-0.3, -0.25) is 14.8 Å². The van der Waals surface area contributed by atoms with Gasteiger partial charge >= 0.3 is 12.1 Å². The second-order valence-corrected chi connectivity index (χ2v) is 23.9. The number of anilines is 2. The summed E-state index contributed by atoms with van der Waals surface area (Å²) >= 11 is 1.43. The second-order valence-electron chi connectivity index (χ2n) is 22.9. The minimum atomic E-state index is -0.759. The number of carbonyl (C=O) groups is 3. The van der Waals surface area contributed by atoms with Crippen molar-refractivity contribution in [3.63, 3.8) is 0 Å². The highest BCUT2D eigenvalue weighted by Gasteiger charge is 2.66. The van der Waals surface area contributed by atoms with Crippen molar-refractivity contribution >= 4 is 50.5 Å². The average molecular weight is 946 g/mol. The molecule has 362 valence electrons. The second kappa shape index (κ2) is 17.1. The number of fused-ring (bicyclic) bond motifs is 2. The van der Waals surface area contributed by atoms with Gasteiger partial charge in [0.15, 0.2) is 10.8 Å². The number of ether oxygens (including phenoxy) is 4. The number of hydrogen-bond donors (Lipinski definition) is 1. The highest BCUT2D eigenvalue weighted by Crippen LogP contribution is 2.72. The summed E-state index contributed by atoms with van der Waals surface area (Å²) < 4.78 is 27.5. The zero-order valence-electron chi connectivity index (χ0n) is 41.6. The van der Waals surface area contributed by atoms with Crippen molar-refractivity contribution in [2.45, 2.75) is 137 Å². The number of rotatable bonds is 12. The average Bonchev–Trinajstić information content (AvgIpc) is 3.81. The minimum Gasteiger partial charge on any atom is -0.496 e. The number of benzene rings is 2. The van der Waals surface area contributed by atoms with Crippen molar-refractivity contribution in [3.05, 3.63) is 82.8 Å². The van der Waals surface area contributed by atoms with Crippen LogP contribution in [0.4, 0.5) is 15.7 Å². The van der Waals surface area contributed by atoms with Gasteiger partial charge in [-0.05, 0) is 152 Å². The molecule has 15 heteroatoms. The Morgan fingerprint density at radius 1 is 0.853 bits per heavy atom. The molecule has 4 fully saturated rings. The van der Waals surface area contributed by atoms with Gasteiger partial charge in [0.2, 0.25) is 0 Å². The van der Waals surface area contributed by atoms with Crippen molar-refractivity contribution in [1.82, 2.24) is 24.6 Å². The third-order valence-corrected chi connectivity index (χ3v) is 15.2. The van der Waals surface area contributed by atoms with Gasteiger partial charge in [0.25, 0.3) is 5.91 Å². The highest BCUT2D eigenvalue weighted by atomic mass is 32.1. The number of pyridine rings is 1. The normalized spacial score (nSPS) is 24.2. The van der Waals surface area contributed by atoms with Crippen LogP contribution < -0.4 is 15.0 Å². The summed E-state index contributed by atoms with van der Waals surface area (Å²) in [6.45, 7) is 20.7. The van der Waals surface area contributed by atoms with Gasteiger partial charge < -0.3 is 28.7 Å². The largest absolute Gasteiger partial charge is 0.496 e. The molecule has 5 aromatic rings. The zero-order chi connectivity index (χ0) is 48.6. The molecule has 2 amide bonds. The number of aromatic nitrogens is 4. The van der Waals surface area contributed by atoms with Gasteiger partial charge in [0.1, 0.15) is 22.8 Å². The number of carbonyl (C=O) groups excluding carboxylic acids is 3. The lowest BCUT2D eigenvalue weighted by atomic mass is 9.39. The summed E-state index contributed by atoms with van der Waals surface area (Å²) in [6, 6.07) is 15.4. The molecule has 1 N–H and O–H groups in total. The Hall–Kier alpha value is -5.54. The van der Waals surface area contributed by atoms with Crippen LogP contribution in [0.2, 0.25) is 0 Å². The molecule has 10 rings (SSSR count). The highest BCUT2D eigenvalue weighted by molar-refractivity contribution is 7.22. The van der Waals surface area contributed by atoms with E-state index in [1.807, 2.05) is 90.2 Å². The smallest absolute Gasteiger partial charge is 0.410 e. The van der Waals surface area contributed by atoms with Gasteiger partial charge in [-0.15, -0.1) is 0 Å². The van der Waals surface area contributed by atoms with E-state index < -0.39 is 17.2 Å². The van der Waals surface area contributed by atoms with Gasteiger partial charge in [0.05, 0.1) is 35.7 Å². The number of amides is 2. The quantitative estimate of drug-likeness (QED) is 0.119. The Morgan fingerprint density at radius 2 is 1.57 bits per heavy atom. The molecule has 0 saturated heterocycles. The van der Waals surface area contributed by atoms with E-state index in [1.165, 1.54) is 17.8 Å². The number of thiazole rings is 1. The Bertz CT molecular complexity index is 2730. The van der Waals surface area contributed by atoms with Gasteiger partial charge in [0, 0.05) is 61.2 Å². The molecule has 4 bridgehead atoms. The SMILES string of the molecule is COc1ccc(C(=O)Nc2nc3ccccc3s2)c2c1CCN(c1ccc(-c3cnn(CC45CC6(C)CC(C)(C4)CC(OCCN(C)C(=O)OC(C)(C)C)(C6)C5)c3C)c(C(=O)OC(C)(C)C)n1)C2. The molecule has 4 saturated carbocycles. The van der Waals surface area contributed by atoms with Crippen molar-refractivity contribution in [2.24, 2.45) is 16.2 Å². The predicted molar refractivity (Wildman–Crippen MR) is 265 cm³/mol. The molecular formula is C53H67N7O7S. The van der Waals surface area contributed by atoms with Gasteiger partial charge in [-0.25, -0.2) is 19.6 Å². The summed E-state index contributed by atoms with van der Waals surface area (Å²) in [5, 5.41) is 8.61. The fourth-order valence-corrected chi connectivity index (χ4v) is 13.7. The molecule has 2 aromatic carbocycles. The third-order valence-electron chi connectivity index (χ3n) is 14.2. The molecule has 0 radical (unpaired) electrons. The first-order valence-electron chi connectivity index (χ1n) is 23.9. The van der Waals surface area contributed by atoms with E-state index in [9.17, 15) is 14.4 Å². The van der Waals surface area contributed by atoms with E-state index in [0.717, 1.165) is 77.0 Å². The van der Waals surface area contributed by atoms with Crippen LogP contribution >= 0.6 is 11.3 Å². The van der Waals surface area contributed by atoms with Crippen LogP contribution in [-0.2, 0) is 33.7 Å². The van der Waals surface area contributed by atoms with Crippen molar-refractivity contribution in [3.8, 4) is 16.9 Å². The van der Waals surface area contributed by atoms with Crippen LogP contribution in [-0.4, -0.2) is 93.3 Å². The molecule has 1 aliphatic heterocycles. The lowest BCUT2D eigenvalue weighted by molar-refractivity contribution is -0.248. The van der Waals surface area contributed by atoms with Gasteiger partial charge in [-0.2, -0.15) is 5.10 Å². The topological polar surface area (TPSA) is 150 Å². The van der Waals surface area contributed by atoms with E-state index in [4.69, 9.17) is 29.0 Å². The first-order valence-corrected chi connectivity index (χ1v) is 24.7. The van der Waals surface area contributed by atoms with Crippen molar-refractivity contribution in [1.29, 1.82) is 0 Å².